The van der Waals surface area contributed by atoms with E-state index in [-0.39, 0.29) is 5.78 Å². The zero-order valence-corrected chi connectivity index (χ0v) is 11.2. The van der Waals surface area contributed by atoms with E-state index in [1.54, 1.807) is 6.92 Å². The number of hydrogen-bond acceptors (Lipinski definition) is 3. The van der Waals surface area contributed by atoms with Crippen LogP contribution in [0.2, 0.25) is 0 Å². The van der Waals surface area contributed by atoms with Gasteiger partial charge in [0.25, 0.3) is 0 Å². The molecule has 0 aliphatic carbocycles. The van der Waals surface area contributed by atoms with E-state index in [1.807, 2.05) is 30.3 Å². The van der Waals surface area contributed by atoms with Crippen LogP contribution >= 0.6 is 0 Å². The van der Waals surface area contributed by atoms with Crippen LogP contribution in [0.4, 0.5) is 0 Å². The van der Waals surface area contributed by atoms with Crippen molar-refractivity contribution in [3.8, 4) is 0 Å². The molecule has 0 saturated carbocycles. The highest BCUT2D eigenvalue weighted by atomic mass is 16.5. The lowest BCUT2D eigenvalue weighted by Gasteiger charge is -2.23. The normalized spacial score (nSPS) is 13.7. The highest BCUT2D eigenvalue weighted by Gasteiger charge is 2.38. The number of carbonyl (C=O) groups excluding carboxylic acids is 2. The Kier molecular flexibility index (Phi) is 5.08. The predicted octanol–water partition coefficient (Wildman–Crippen LogP) is 2.78. The topological polar surface area (TPSA) is 43.4 Å². The molecule has 1 unspecified atom stereocenters. The number of benzene rings is 1. The fourth-order valence-corrected chi connectivity index (χ4v) is 1.94. The SMILES string of the molecule is COC(=O)C(C)(CCCc1ccccc1)C(C)=O. The quantitative estimate of drug-likeness (QED) is 0.574. The van der Waals surface area contributed by atoms with Crippen LogP contribution in [0.5, 0.6) is 0 Å². The molecule has 0 N–H and O–H groups in total. The van der Waals surface area contributed by atoms with Crippen molar-refractivity contribution < 1.29 is 14.3 Å². The van der Waals surface area contributed by atoms with Gasteiger partial charge in [0, 0.05) is 0 Å². The second kappa shape index (κ2) is 6.34. The Morgan fingerprint density at radius 2 is 1.83 bits per heavy atom. The number of hydrogen-bond donors (Lipinski definition) is 0. The predicted molar refractivity (Wildman–Crippen MR) is 70.2 cm³/mol. The van der Waals surface area contributed by atoms with Gasteiger partial charge in [0.15, 0.2) is 0 Å². The molecule has 3 heteroatoms. The van der Waals surface area contributed by atoms with E-state index in [9.17, 15) is 9.59 Å². The zero-order valence-electron chi connectivity index (χ0n) is 11.2. The van der Waals surface area contributed by atoms with Crippen molar-refractivity contribution >= 4 is 11.8 Å². The zero-order chi connectivity index (χ0) is 13.6. The molecule has 98 valence electrons. The van der Waals surface area contributed by atoms with Crippen molar-refractivity contribution in [1.82, 2.24) is 0 Å². The second-order valence-corrected chi connectivity index (χ2v) is 4.72. The first-order chi connectivity index (χ1) is 8.50. The van der Waals surface area contributed by atoms with Gasteiger partial charge in [-0.1, -0.05) is 30.3 Å². The molecule has 0 saturated heterocycles. The van der Waals surface area contributed by atoms with E-state index < -0.39 is 11.4 Å². The average molecular weight is 248 g/mol. The fourth-order valence-electron chi connectivity index (χ4n) is 1.94. The van der Waals surface area contributed by atoms with E-state index >= 15 is 0 Å². The van der Waals surface area contributed by atoms with Crippen molar-refractivity contribution in [2.45, 2.75) is 33.1 Å². The second-order valence-electron chi connectivity index (χ2n) is 4.72. The minimum Gasteiger partial charge on any atom is -0.468 e. The number of carbonyl (C=O) groups is 2. The van der Waals surface area contributed by atoms with Crippen molar-refractivity contribution in [2.24, 2.45) is 5.41 Å². The van der Waals surface area contributed by atoms with Crippen molar-refractivity contribution in [3.05, 3.63) is 35.9 Å². The Bertz CT molecular complexity index is 411. The molecule has 0 aromatic heterocycles. The molecule has 1 aromatic carbocycles. The monoisotopic (exact) mass is 248 g/mol. The first-order valence-corrected chi connectivity index (χ1v) is 6.14. The van der Waals surface area contributed by atoms with Crippen LogP contribution < -0.4 is 0 Å². The van der Waals surface area contributed by atoms with E-state index in [2.05, 4.69) is 0 Å². The molecule has 3 nitrogen and oxygen atoms in total. The van der Waals surface area contributed by atoms with Crippen LogP contribution in [0.1, 0.15) is 32.3 Å². The summed E-state index contributed by atoms with van der Waals surface area (Å²) < 4.78 is 4.72. The van der Waals surface area contributed by atoms with Crippen LogP contribution in [-0.4, -0.2) is 18.9 Å². The molecule has 0 heterocycles. The number of Topliss-reactive ketones (excluding diaryl/α,β-unsaturated/α-hetero) is 1. The molecule has 0 aliphatic heterocycles. The van der Waals surface area contributed by atoms with Crippen LogP contribution in [0.3, 0.4) is 0 Å². The van der Waals surface area contributed by atoms with E-state index in [4.69, 9.17) is 4.74 Å². The van der Waals surface area contributed by atoms with Gasteiger partial charge in [0.1, 0.15) is 11.2 Å². The minimum atomic E-state index is -1.01. The summed E-state index contributed by atoms with van der Waals surface area (Å²) in [6.45, 7) is 3.10. The number of rotatable bonds is 6. The van der Waals surface area contributed by atoms with E-state index in [1.165, 1.54) is 19.6 Å². The molecule has 0 bridgehead atoms. The fraction of sp³-hybridized carbons (Fsp3) is 0.467. The van der Waals surface area contributed by atoms with E-state index in [0.29, 0.717) is 6.42 Å². The van der Waals surface area contributed by atoms with Crippen molar-refractivity contribution in [1.29, 1.82) is 0 Å². The third kappa shape index (κ3) is 3.42. The van der Waals surface area contributed by atoms with Gasteiger partial charge in [-0.2, -0.15) is 0 Å². The van der Waals surface area contributed by atoms with Gasteiger partial charge in [-0.15, -0.1) is 0 Å². The molecular weight excluding hydrogens is 228 g/mol. The summed E-state index contributed by atoms with van der Waals surface area (Å²) in [4.78, 5) is 23.3. The maximum absolute atomic E-state index is 11.7. The Balaban J connectivity index is 2.59. The summed E-state index contributed by atoms with van der Waals surface area (Å²) in [6, 6.07) is 10.0. The number of methoxy groups -OCH3 is 1. The molecule has 1 atom stereocenters. The Morgan fingerprint density at radius 1 is 1.22 bits per heavy atom. The summed E-state index contributed by atoms with van der Waals surface area (Å²) in [5, 5.41) is 0. The van der Waals surface area contributed by atoms with Crippen LogP contribution in [-0.2, 0) is 20.7 Å². The third-order valence-corrected chi connectivity index (χ3v) is 3.40. The van der Waals surface area contributed by atoms with Crippen LogP contribution in [0.25, 0.3) is 0 Å². The number of ether oxygens (including phenoxy) is 1. The first kappa shape index (κ1) is 14.4. The van der Waals surface area contributed by atoms with Gasteiger partial charge < -0.3 is 4.74 Å². The van der Waals surface area contributed by atoms with Gasteiger partial charge in [0.05, 0.1) is 7.11 Å². The lowest BCUT2D eigenvalue weighted by molar-refractivity contribution is -0.156. The van der Waals surface area contributed by atoms with Gasteiger partial charge in [-0.25, -0.2) is 0 Å². The Labute approximate surface area is 108 Å². The summed E-state index contributed by atoms with van der Waals surface area (Å²) in [5.74, 6) is -0.578. The Morgan fingerprint density at radius 3 is 2.33 bits per heavy atom. The van der Waals surface area contributed by atoms with Crippen molar-refractivity contribution in [3.63, 3.8) is 0 Å². The minimum absolute atomic E-state index is 0.137. The van der Waals surface area contributed by atoms with E-state index in [0.717, 1.165) is 12.8 Å². The number of esters is 1. The lowest BCUT2D eigenvalue weighted by atomic mass is 9.81. The summed E-state index contributed by atoms with van der Waals surface area (Å²) in [5.41, 5.74) is 0.206. The van der Waals surface area contributed by atoms with Gasteiger partial charge in [-0.05, 0) is 38.7 Å². The molecule has 0 fully saturated rings. The molecule has 0 amide bonds. The van der Waals surface area contributed by atoms with Gasteiger partial charge in [0.2, 0.25) is 0 Å². The van der Waals surface area contributed by atoms with Crippen LogP contribution in [0, 0.1) is 5.41 Å². The number of ketones is 1. The van der Waals surface area contributed by atoms with Gasteiger partial charge >= 0.3 is 5.97 Å². The highest BCUT2D eigenvalue weighted by Crippen LogP contribution is 2.27. The molecule has 18 heavy (non-hydrogen) atoms. The van der Waals surface area contributed by atoms with Crippen molar-refractivity contribution in [2.75, 3.05) is 7.11 Å². The lowest BCUT2D eigenvalue weighted by Crippen LogP contribution is -2.36. The Hall–Kier alpha value is -1.64. The molecule has 0 radical (unpaired) electrons. The molecule has 1 aromatic rings. The summed E-state index contributed by atoms with van der Waals surface area (Å²) in [6.07, 6.45) is 2.17. The average Bonchev–Trinajstić information content (AvgIpc) is 2.38. The largest absolute Gasteiger partial charge is 0.468 e. The third-order valence-electron chi connectivity index (χ3n) is 3.40. The maximum Gasteiger partial charge on any atom is 0.319 e. The first-order valence-electron chi connectivity index (χ1n) is 6.14. The molecule has 1 rings (SSSR count). The number of aryl methyl sites for hydroxylation is 1. The van der Waals surface area contributed by atoms with Gasteiger partial charge in [-0.3, -0.25) is 9.59 Å². The maximum atomic E-state index is 11.7. The molecular formula is C15H20O3. The summed E-state index contributed by atoms with van der Waals surface area (Å²) in [7, 11) is 1.32. The summed E-state index contributed by atoms with van der Waals surface area (Å²) >= 11 is 0. The smallest absolute Gasteiger partial charge is 0.319 e. The highest BCUT2D eigenvalue weighted by molar-refractivity contribution is 6.02. The standard InChI is InChI=1S/C15H20O3/c1-12(16)15(2,14(17)18-3)11-7-10-13-8-5-4-6-9-13/h4-6,8-9H,7,10-11H2,1-3H3. The molecule has 0 aliphatic rings. The van der Waals surface area contributed by atoms with Crippen LogP contribution in [0.15, 0.2) is 30.3 Å². The molecule has 0 spiro atoms.